The Balaban J connectivity index is 2.30. The molecule has 0 saturated heterocycles. The summed E-state index contributed by atoms with van der Waals surface area (Å²) in [5.74, 6) is 0. The van der Waals surface area contributed by atoms with Gasteiger partial charge >= 0.3 is 7.60 Å². The van der Waals surface area contributed by atoms with Crippen LogP contribution in [0.15, 0.2) is 54.6 Å². The van der Waals surface area contributed by atoms with Crippen LogP contribution in [0.4, 0.5) is 0 Å². The summed E-state index contributed by atoms with van der Waals surface area (Å²) in [6.45, 7) is 7.40. The van der Waals surface area contributed by atoms with Gasteiger partial charge in [-0.1, -0.05) is 36.4 Å². The van der Waals surface area contributed by atoms with Crippen LogP contribution in [0, 0.1) is 0 Å². The number of fused-ring (bicyclic) bond motifs is 1. The fourth-order valence-electron chi connectivity index (χ4n) is 2.71. The average molecular weight is 358 g/mol. The first-order valence-electron chi connectivity index (χ1n) is 8.41. The molecule has 0 spiro atoms. The van der Waals surface area contributed by atoms with E-state index in [-0.39, 0.29) is 12.2 Å². The molecule has 0 fully saturated rings. The van der Waals surface area contributed by atoms with Crippen molar-refractivity contribution in [2.45, 2.75) is 39.9 Å². The lowest BCUT2D eigenvalue weighted by Gasteiger charge is -2.23. The Labute approximate surface area is 148 Å². The zero-order valence-corrected chi connectivity index (χ0v) is 15.8. The van der Waals surface area contributed by atoms with E-state index in [1.165, 1.54) is 0 Å². The minimum absolute atomic E-state index is 0.248. The molecular weight excluding hydrogens is 335 g/mol. The van der Waals surface area contributed by atoms with E-state index in [9.17, 15) is 4.57 Å². The molecule has 3 aromatic rings. The lowest BCUT2D eigenvalue weighted by Crippen LogP contribution is -2.23. The number of para-hydroxylation sites is 1. The summed E-state index contributed by atoms with van der Waals surface area (Å²) in [6, 6.07) is 17.2. The van der Waals surface area contributed by atoms with Gasteiger partial charge in [0.05, 0.1) is 23.4 Å². The summed E-state index contributed by atoms with van der Waals surface area (Å²) in [6.07, 6.45) is -0.495. The Morgan fingerprint density at radius 1 is 0.880 bits per heavy atom. The van der Waals surface area contributed by atoms with Crippen LogP contribution >= 0.6 is 7.60 Å². The zero-order valence-electron chi connectivity index (χ0n) is 14.9. The lowest BCUT2D eigenvalue weighted by molar-refractivity contribution is 0.149. The van der Waals surface area contributed by atoms with Crippen molar-refractivity contribution in [2.75, 3.05) is 0 Å². The number of aromatic nitrogens is 2. The zero-order chi connectivity index (χ0) is 18.0. The molecule has 0 unspecified atom stereocenters. The van der Waals surface area contributed by atoms with E-state index >= 15 is 0 Å². The largest absolute Gasteiger partial charge is 0.380 e. The third-order valence-corrected chi connectivity index (χ3v) is 5.86. The standard InChI is InChI=1S/C19H23N2O3P/c1-14(2)23-25(22,24-15(3)4)19-17-12-8-9-13-18(17)20-21(19)16-10-6-5-7-11-16/h5-15H,1-4H3. The van der Waals surface area contributed by atoms with Crippen molar-refractivity contribution in [1.82, 2.24) is 9.78 Å². The highest BCUT2D eigenvalue weighted by molar-refractivity contribution is 7.62. The molecule has 6 heteroatoms. The Morgan fingerprint density at radius 2 is 1.44 bits per heavy atom. The van der Waals surface area contributed by atoms with Gasteiger partial charge in [-0.2, -0.15) is 5.10 Å². The Bertz CT molecular complexity index is 889. The molecule has 132 valence electrons. The monoisotopic (exact) mass is 358 g/mol. The molecule has 0 aliphatic heterocycles. The van der Waals surface area contributed by atoms with Crippen molar-refractivity contribution in [3.63, 3.8) is 0 Å². The van der Waals surface area contributed by atoms with E-state index in [0.717, 1.165) is 16.6 Å². The fourth-order valence-corrected chi connectivity index (χ4v) is 4.95. The molecule has 5 nitrogen and oxygen atoms in total. The Morgan fingerprint density at radius 3 is 2.04 bits per heavy atom. The summed E-state index contributed by atoms with van der Waals surface area (Å²) in [4.78, 5) is 0. The second-order valence-corrected chi connectivity index (χ2v) is 8.23. The van der Waals surface area contributed by atoms with Crippen LogP contribution in [-0.2, 0) is 13.6 Å². The number of hydrogen-bond acceptors (Lipinski definition) is 4. The molecule has 0 bridgehead atoms. The first-order chi connectivity index (χ1) is 11.9. The van der Waals surface area contributed by atoms with Crippen molar-refractivity contribution in [1.29, 1.82) is 0 Å². The van der Waals surface area contributed by atoms with Gasteiger partial charge in [0.2, 0.25) is 0 Å². The summed E-state index contributed by atoms with van der Waals surface area (Å²) in [7, 11) is -3.58. The van der Waals surface area contributed by atoms with Crippen LogP contribution in [0.2, 0.25) is 0 Å². The molecule has 0 aliphatic rings. The van der Waals surface area contributed by atoms with Crippen LogP contribution < -0.4 is 5.44 Å². The van der Waals surface area contributed by atoms with Crippen molar-refractivity contribution in [2.24, 2.45) is 0 Å². The van der Waals surface area contributed by atoms with Gasteiger partial charge in [-0.25, -0.2) is 4.68 Å². The summed E-state index contributed by atoms with van der Waals surface area (Å²) in [5, 5.41) is 5.42. The second-order valence-electron chi connectivity index (χ2n) is 6.39. The molecule has 1 aromatic heterocycles. The lowest BCUT2D eigenvalue weighted by atomic mass is 10.3. The van der Waals surface area contributed by atoms with E-state index in [1.807, 2.05) is 82.3 Å². The fraction of sp³-hybridized carbons (Fsp3) is 0.316. The predicted octanol–water partition coefficient (Wildman–Crippen LogP) is 4.69. The van der Waals surface area contributed by atoms with Gasteiger partial charge in [-0.3, -0.25) is 4.57 Å². The van der Waals surface area contributed by atoms with Crippen molar-refractivity contribution >= 4 is 23.9 Å². The van der Waals surface area contributed by atoms with E-state index in [4.69, 9.17) is 9.05 Å². The highest BCUT2D eigenvalue weighted by atomic mass is 31.2. The molecular formula is C19H23N2O3P. The summed E-state index contributed by atoms with van der Waals surface area (Å²) in [5.41, 5.74) is 2.03. The smallest absolute Gasteiger partial charge is 0.301 e. The number of nitrogens with zero attached hydrogens (tertiary/aromatic N) is 2. The van der Waals surface area contributed by atoms with Gasteiger partial charge in [0.25, 0.3) is 0 Å². The SMILES string of the molecule is CC(C)OP(=O)(OC(C)C)c1c2ccccc2nn1-c1ccccc1. The summed E-state index contributed by atoms with van der Waals surface area (Å²) >= 11 is 0. The van der Waals surface area contributed by atoms with Crippen LogP contribution in [0.5, 0.6) is 0 Å². The first kappa shape index (κ1) is 17.9. The molecule has 0 saturated carbocycles. The average Bonchev–Trinajstić information content (AvgIpc) is 2.94. The van der Waals surface area contributed by atoms with Gasteiger partial charge in [-0.15, -0.1) is 0 Å². The first-order valence-corrected chi connectivity index (χ1v) is 9.95. The summed E-state index contributed by atoms with van der Waals surface area (Å²) < 4.78 is 27.1. The van der Waals surface area contributed by atoms with Gasteiger partial charge in [-0.05, 0) is 45.9 Å². The van der Waals surface area contributed by atoms with Gasteiger partial charge in [0, 0.05) is 5.39 Å². The molecule has 0 amide bonds. The van der Waals surface area contributed by atoms with Crippen LogP contribution in [0.3, 0.4) is 0 Å². The topological polar surface area (TPSA) is 53.4 Å². The second kappa shape index (κ2) is 7.12. The molecule has 0 atom stereocenters. The van der Waals surface area contributed by atoms with Crippen molar-refractivity contribution < 1.29 is 13.6 Å². The highest BCUT2D eigenvalue weighted by Crippen LogP contribution is 2.51. The van der Waals surface area contributed by atoms with E-state index < -0.39 is 7.60 Å². The van der Waals surface area contributed by atoms with Gasteiger partial charge in [0.15, 0.2) is 5.44 Å². The maximum Gasteiger partial charge on any atom is 0.380 e. The molecule has 2 aromatic carbocycles. The normalized spacial score (nSPS) is 12.4. The van der Waals surface area contributed by atoms with Crippen molar-refractivity contribution in [3.8, 4) is 5.69 Å². The van der Waals surface area contributed by atoms with Gasteiger partial charge in [0.1, 0.15) is 0 Å². The predicted molar refractivity (Wildman–Crippen MR) is 101 cm³/mol. The van der Waals surface area contributed by atoms with E-state index in [0.29, 0.717) is 5.44 Å². The number of rotatable bonds is 6. The van der Waals surface area contributed by atoms with Crippen LogP contribution in [0.1, 0.15) is 27.7 Å². The minimum atomic E-state index is -3.58. The molecule has 0 aliphatic carbocycles. The maximum absolute atomic E-state index is 13.8. The van der Waals surface area contributed by atoms with E-state index in [2.05, 4.69) is 5.10 Å². The molecule has 0 radical (unpaired) electrons. The van der Waals surface area contributed by atoms with Crippen LogP contribution in [-0.4, -0.2) is 22.0 Å². The Kier molecular flexibility index (Phi) is 5.09. The molecule has 3 rings (SSSR count). The quantitative estimate of drug-likeness (QED) is 0.600. The minimum Gasteiger partial charge on any atom is -0.301 e. The highest BCUT2D eigenvalue weighted by Gasteiger charge is 2.37. The van der Waals surface area contributed by atoms with Crippen molar-refractivity contribution in [3.05, 3.63) is 54.6 Å². The molecule has 0 N–H and O–H groups in total. The van der Waals surface area contributed by atoms with Gasteiger partial charge < -0.3 is 9.05 Å². The third-order valence-electron chi connectivity index (χ3n) is 3.51. The molecule has 25 heavy (non-hydrogen) atoms. The maximum atomic E-state index is 13.8. The number of hydrogen-bond donors (Lipinski definition) is 0. The van der Waals surface area contributed by atoms with Crippen LogP contribution in [0.25, 0.3) is 16.6 Å². The third kappa shape index (κ3) is 3.69. The number of benzene rings is 2. The van der Waals surface area contributed by atoms with E-state index in [1.54, 1.807) is 4.68 Å². The Hall–Kier alpha value is -1.94. The molecule has 1 heterocycles.